The molecular formula is C14H28N2O3. The topological polar surface area (TPSA) is 61.8 Å². The molecule has 1 fully saturated rings. The van der Waals surface area contributed by atoms with E-state index in [9.17, 15) is 9.90 Å². The molecule has 2 N–H and O–H groups in total. The minimum atomic E-state index is -0.701. The van der Waals surface area contributed by atoms with Crippen LogP contribution in [0.2, 0.25) is 0 Å². The highest BCUT2D eigenvalue weighted by molar-refractivity contribution is 5.68. The maximum atomic E-state index is 11.7. The van der Waals surface area contributed by atoms with Crippen molar-refractivity contribution < 1.29 is 14.6 Å². The van der Waals surface area contributed by atoms with E-state index < -0.39 is 11.2 Å². The number of rotatable bonds is 3. The molecule has 1 rings (SSSR count). The van der Waals surface area contributed by atoms with Crippen molar-refractivity contribution in [2.45, 2.75) is 64.7 Å². The SMILES string of the molecule is CC(C)(O)CN1CCCC(NC(=O)OC(C)(C)C)C1. The first-order valence-electron chi connectivity index (χ1n) is 6.99. The number of alkyl carbamates (subject to hydrolysis) is 1. The van der Waals surface area contributed by atoms with Crippen LogP contribution in [-0.2, 0) is 4.74 Å². The summed E-state index contributed by atoms with van der Waals surface area (Å²) in [7, 11) is 0. The number of amides is 1. The zero-order chi connectivity index (χ0) is 14.7. The predicted octanol–water partition coefficient (Wildman–Crippen LogP) is 1.75. The van der Waals surface area contributed by atoms with E-state index in [0.29, 0.717) is 6.54 Å². The number of carbonyl (C=O) groups excluding carboxylic acids is 1. The molecular weight excluding hydrogens is 244 g/mol. The Hall–Kier alpha value is -0.810. The zero-order valence-corrected chi connectivity index (χ0v) is 12.8. The molecule has 1 heterocycles. The summed E-state index contributed by atoms with van der Waals surface area (Å²) in [4.78, 5) is 13.9. The summed E-state index contributed by atoms with van der Waals surface area (Å²) in [6.07, 6.45) is 1.63. The van der Waals surface area contributed by atoms with Crippen molar-refractivity contribution in [3.8, 4) is 0 Å². The lowest BCUT2D eigenvalue weighted by Gasteiger charge is -2.36. The number of β-amino-alcohol motifs (C(OH)–C–C–N with tert-alkyl or cyclic N) is 1. The monoisotopic (exact) mass is 272 g/mol. The van der Waals surface area contributed by atoms with Crippen molar-refractivity contribution in [1.82, 2.24) is 10.2 Å². The minimum Gasteiger partial charge on any atom is -0.444 e. The molecule has 5 heteroatoms. The number of aliphatic hydroxyl groups is 1. The molecule has 1 atom stereocenters. The molecule has 0 spiro atoms. The summed E-state index contributed by atoms with van der Waals surface area (Å²) in [6.45, 7) is 11.5. The van der Waals surface area contributed by atoms with Gasteiger partial charge in [-0.15, -0.1) is 0 Å². The predicted molar refractivity (Wildman–Crippen MR) is 75.1 cm³/mol. The molecule has 5 nitrogen and oxygen atoms in total. The summed E-state index contributed by atoms with van der Waals surface area (Å²) in [5.41, 5.74) is -1.17. The van der Waals surface area contributed by atoms with Gasteiger partial charge in [0.1, 0.15) is 5.60 Å². The minimum absolute atomic E-state index is 0.103. The molecule has 0 aromatic carbocycles. The number of piperidine rings is 1. The quantitative estimate of drug-likeness (QED) is 0.821. The van der Waals surface area contributed by atoms with Crippen LogP contribution in [0.15, 0.2) is 0 Å². The van der Waals surface area contributed by atoms with Gasteiger partial charge in [-0.3, -0.25) is 4.90 Å². The molecule has 1 amide bonds. The Morgan fingerprint density at radius 2 is 2.00 bits per heavy atom. The van der Waals surface area contributed by atoms with Gasteiger partial charge in [0.25, 0.3) is 0 Å². The molecule has 1 saturated heterocycles. The fourth-order valence-corrected chi connectivity index (χ4v) is 2.34. The summed E-state index contributed by atoms with van der Waals surface area (Å²) in [5.74, 6) is 0. The van der Waals surface area contributed by atoms with Gasteiger partial charge in [-0.05, 0) is 54.0 Å². The van der Waals surface area contributed by atoms with Crippen LogP contribution in [0.25, 0.3) is 0 Å². The van der Waals surface area contributed by atoms with Crippen LogP contribution in [0.1, 0.15) is 47.5 Å². The first-order valence-corrected chi connectivity index (χ1v) is 6.99. The number of ether oxygens (including phenoxy) is 1. The Labute approximate surface area is 116 Å². The van der Waals surface area contributed by atoms with Crippen molar-refractivity contribution >= 4 is 6.09 Å². The van der Waals surface area contributed by atoms with Crippen molar-refractivity contribution in [2.24, 2.45) is 0 Å². The fourth-order valence-electron chi connectivity index (χ4n) is 2.34. The number of nitrogens with one attached hydrogen (secondary N) is 1. The van der Waals surface area contributed by atoms with Crippen molar-refractivity contribution in [1.29, 1.82) is 0 Å². The summed E-state index contributed by atoms with van der Waals surface area (Å²) in [6, 6.07) is 0.103. The number of hydrogen-bond acceptors (Lipinski definition) is 4. The normalized spacial score (nSPS) is 22.1. The van der Waals surface area contributed by atoms with E-state index >= 15 is 0 Å². The summed E-state index contributed by atoms with van der Waals surface area (Å²) >= 11 is 0. The third-order valence-electron chi connectivity index (χ3n) is 2.84. The third kappa shape index (κ3) is 7.38. The van der Waals surface area contributed by atoms with E-state index in [4.69, 9.17) is 4.74 Å². The number of carbonyl (C=O) groups is 1. The van der Waals surface area contributed by atoms with E-state index in [0.717, 1.165) is 25.9 Å². The highest BCUT2D eigenvalue weighted by Crippen LogP contribution is 2.14. The molecule has 0 bridgehead atoms. The maximum absolute atomic E-state index is 11.7. The molecule has 0 saturated carbocycles. The van der Waals surface area contributed by atoms with Crippen LogP contribution in [0.5, 0.6) is 0 Å². The molecule has 0 aromatic heterocycles. The first-order chi connectivity index (χ1) is 8.55. The Balaban J connectivity index is 2.41. The van der Waals surface area contributed by atoms with Gasteiger partial charge in [-0.2, -0.15) is 0 Å². The van der Waals surface area contributed by atoms with Gasteiger partial charge < -0.3 is 15.2 Å². The smallest absolute Gasteiger partial charge is 0.407 e. The Morgan fingerprint density at radius 1 is 1.37 bits per heavy atom. The standard InChI is InChI=1S/C14H28N2O3/c1-13(2,3)19-12(17)15-11-7-6-8-16(9-11)10-14(4,5)18/h11,18H,6-10H2,1-5H3,(H,15,17). The molecule has 19 heavy (non-hydrogen) atoms. The molecule has 0 radical (unpaired) electrons. The maximum Gasteiger partial charge on any atom is 0.407 e. The number of nitrogens with zero attached hydrogens (tertiary/aromatic N) is 1. The van der Waals surface area contributed by atoms with Gasteiger partial charge in [-0.1, -0.05) is 0 Å². The van der Waals surface area contributed by atoms with E-state index in [1.165, 1.54) is 0 Å². The van der Waals surface area contributed by atoms with Crippen molar-refractivity contribution in [3.05, 3.63) is 0 Å². The second kappa shape index (κ2) is 6.09. The second-order valence-electron chi connectivity index (χ2n) is 7.03. The average Bonchev–Trinajstić information content (AvgIpc) is 2.11. The van der Waals surface area contributed by atoms with Crippen molar-refractivity contribution in [3.63, 3.8) is 0 Å². The van der Waals surface area contributed by atoms with Gasteiger partial charge in [0.15, 0.2) is 0 Å². The molecule has 112 valence electrons. The van der Waals surface area contributed by atoms with Gasteiger partial charge >= 0.3 is 6.09 Å². The molecule has 1 aliphatic heterocycles. The van der Waals surface area contributed by atoms with Crippen LogP contribution in [0.4, 0.5) is 4.79 Å². The Bertz CT molecular complexity index is 305. The molecule has 1 unspecified atom stereocenters. The lowest BCUT2D eigenvalue weighted by molar-refractivity contribution is 0.0217. The van der Waals surface area contributed by atoms with Crippen LogP contribution < -0.4 is 5.32 Å². The highest BCUT2D eigenvalue weighted by Gasteiger charge is 2.26. The Morgan fingerprint density at radius 3 is 2.53 bits per heavy atom. The second-order valence-corrected chi connectivity index (χ2v) is 7.03. The van der Waals surface area contributed by atoms with Crippen LogP contribution in [0.3, 0.4) is 0 Å². The molecule has 1 aliphatic rings. The zero-order valence-electron chi connectivity index (χ0n) is 12.8. The van der Waals surface area contributed by atoms with Crippen LogP contribution in [-0.4, -0.2) is 53.0 Å². The fraction of sp³-hybridized carbons (Fsp3) is 0.929. The van der Waals surface area contributed by atoms with E-state index in [-0.39, 0.29) is 12.1 Å². The first kappa shape index (κ1) is 16.2. The molecule has 0 aromatic rings. The lowest BCUT2D eigenvalue weighted by atomic mass is 10.0. The van der Waals surface area contributed by atoms with Crippen LogP contribution >= 0.6 is 0 Å². The number of likely N-dealkylation sites (tertiary alicyclic amines) is 1. The Kier molecular flexibility index (Phi) is 5.21. The van der Waals surface area contributed by atoms with E-state index in [1.54, 1.807) is 13.8 Å². The largest absolute Gasteiger partial charge is 0.444 e. The lowest BCUT2D eigenvalue weighted by Crippen LogP contribution is -2.51. The molecule has 0 aliphatic carbocycles. The third-order valence-corrected chi connectivity index (χ3v) is 2.84. The van der Waals surface area contributed by atoms with Crippen LogP contribution in [0, 0.1) is 0 Å². The van der Waals surface area contributed by atoms with Gasteiger partial charge in [-0.25, -0.2) is 4.79 Å². The van der Waals surface area contributed by atoms with E-state index in [2.05, 4.69) is 10.2 Å². The van der Waals surface area contributed by atoms with Gasteiger partial charge in [0.2, 0.25) is 0 Å². The average molecular weight is 272 g/mol. The summed E-state index contributed by atoms with van der Waals surface area (Å²) < 4.78 is 5.26. The van der Waals surface area contributed by atoms with Gasteiger partial charge in [0, 0.05) is 19.1 Å². The highest BCUT2D eigenvalue weighted by atomic mass is 16.6. The van der Waals surface area contributed by atoms with E-state index in [1.807, 2.05) is 20.8 Å². The van der Waals surface area contributed by atoms with Gasteiger partial charge in [0.05, 0.1) is 5.60 Å². The number of hydrogen-bond donors (Lipinski definition) is 2. The summed E-state index contributed by atoms with van der Waals surface area (Å²) in [5, 5.41) is 12.7. The van der Waals surface area contributed by atoms with Crippen molar-refractivity contribution in [2.75, 3.05) is 19.6 Å².